The first-order valence-electron chi connectivity index (χ1n) is 5.31. The molecule has 3 atom stereocenters. The minimum Gasteiger partial charge on any atom is -0.294 e. The van der Waals surface area contributed by atoms with E-state index >= 15 is 0 Å². The standard InChI is InChI=1S/C10H18F3N3/c1-4-6(2)8-5-9(10(11,12)13)16-15-7(3)14-8/h4,7-9,14-16H,5H2,1-3H3/b6-4+. The van der Waals surface area contributed by atoms with Gasteiger partial charge >= 0.3 is 6.18 Å². The second-order valence-electron chi connectivity index (χ2n) is 4.09. The third-order valence-electron chi connectivity index (χ3n) is 2.80. The predicted molar refractivity (Wildman–Crippen MR) is 56.5 cm³/mol. The minimum absolute atomic E-state index is 0.00296. The second kappa shape index (κ2) is 5.16. The first kappa shape index (κ1) is 13.5. The Bertz CT molecular complexity index is 263. The van der Waals surface area contributed by atoms with Crippen molar-refractivity contribution in [2.75, 3.05) is 0 Å². The van der Waals surface area contributed by atoms with Crippen LogP contribution in [0.25, 0.3) is 0 Å². The summed E-state index contributed by atoms with van der Waals surface area (Å²) < 4.78 is 37.9. The first-order valence-corrected chi connectivity index (χ1v) is 5.31. The van der Waals surface area contributed by atoms with Gasteiger partial charge in [0.25, 0.3) is 0 Å². The van der Waals surface area contributed by atoms with Gasteiger partial charge in [-0.2, -0.15) is 13.2 Å². The van der Waals surface area contributed by atoms with Crippen LogP contribution in [0.5, 0.6) is 0 Å². The van der Waals surface area contributed by atoms with Gasteiger partial charge in [0.15, 0.2) is 0 Å². The zero-order chi connectivity index (χ0) is 12.3. The van der Waals surface area contributed by atoms with Crippen LogP contribution in [0.15, 0.2) is 11.6 Å². The summed E-state index contributed by atoms with van der Waals surface area (Å²) in [6, 6.07) is -1.78. The number of rotatable bonds is 1. The molecule has 0 aromatic carbocycles. The van der Waals surface area contributed by atoms with Gasteiger partial charge in [0, 0.05) is 6.04 Å². The molecule has 94 valence electrons. The van der Waals surface area contributed by atoms with Crippen LogP contribution >= 0.6 is 0 Å². The lowest BCUT2D eigenvalue weighted by Crippen LogP contribution is -2.51. The molecule has 16 heavy (non-hydrogen) atoms. The van der Waals surface area contributed by atoms with E-state index in [0.29, 0.717) is 0 Å². The third-order valence-corrected chi connectivity index (χ3v) is 2.80. The molecule has 1 aliphatic rings. The number of nitrogens with one attached hydrogen (secondary N) is 3. The van der Waals surface area contributed by atoms with E-state index < -0.39 is 12.2 Å². The van der Waals surface area contributed by atoms with Crippen molar-refractivity contribution in [1.29, 1.82) is 0 Å². The molecule has 0 amide bonds. The van der Waals surface area contributed by atoms with Crippen LogP contribution in [-0.4, -0.2) is 24.4 Å². The predicted octanol–water partition coefficient (Wildman–Crippen LogP) is 1.69. The van der Waals surface area contributed by atoms with Crippen molar-refractivity contribution in [2.24, 2.45) is 0 Å². The SMILES string of the molecule is C/C=C(\C)C1CC(C(F)(F)F)NNC(C)N1. The average Bonchev–Trinajstić information content (AvgIpc) is 2.38. The van der Waals surface area contributed by atoms with Gasteiger partial charge in [-0.1, -0.05) is 11.6 Å². The van der Waals surface area contributed by atoms with Gasteiger partial charge in [-0.3, -0.25) is 5.32 Å². The van der Waals surface area contributed by atoms with Crippen molar-refractivity contribution in [1.82, 2.24) is 16.2 Å². The first-order chi connectivity index (χ1) is 7.34. The Labute approximate surface area is 93.4 Å². The van der Waals surface area contributed by atoms with E-state index in [1.165, 1.54) is 0 Å². The molecule has 1 saturated heterocycles. The monoisotopic (exact) mass is 237 g/mol. The molecule has 3 unspecified atom stereocenters. The summed E-state index contributed by atoms with van der Waals surface area (Å²) in [6.45, 7) is 5.45. The molecular weight excluding hydrogens is 219 g/mol. The summed E-state index contributed by atoms with van der Waals surface area (Å²) in [6.07, 6.45) is -2.60. The van der Waals surface area contributed by atoms with Gasteiger partial charge in [0.1, 0.15) is 6.04 Å². The highest BCUT2D eigenvalue weighted by atomic mass is 19.4. The molecule has 1 rings (SSSR count). The highest BCUT2D eigenvalue weighted by Gasteiger charge is 2.42. The van der Waals surface area contributed by atoms with Crippen LogP contribution in [-0.2, 0) is 0 Å². The largest absolute Gasteiger partial charge is 0.405 e. The lowest BCUT2D eigenvalue weighted by molar-refractivity contribution is -0.159. The second-order valence-corrected chi connectivity index (χ2v) is 4.09. The van der Waals surface area contributed by atoms with E-state index in [9.17, 15) is 13.2 Å². The Hall–Kier alpha value is -0.590. The Morgan fingerprint density at radius 3 is 2.44 bits per heavy atom. The minimum atomic E-state index is -4.23. The molecule has 0 bridgehead atoms. The summed E-state index contributed by atoms with van der Waals surface area (Å²) >= 11 is 0. The summed E-state index contributed by atoms with van der Waals surface area (Å²) in [5, 5.41) is 3.09. The van der Waals surface area contributed by atoms with Crippen molar-refractivity contribution in [3.8, 4) is 0 Å². The third kappa shape index (κ3) is 3.47. The van der Waals surface area contributed by atoms with Crippen LogP contribution in [0.4, 0.5) is 13.2 Å². The number of hydrogen-bond donors (Lipinski definition) is 3. The van der Waals surface area contributed by atoms with Crippen molar-refractivity contribution >= 4 is 0 Å². The molecule has 0 saturated carbocycles. The number of hydrazine groups is 1. The fourth-order valence-electron chi connectivity index (χ4n) is 1.67. The fraction of sp³-hybridized carbons (Fsp3) is 0.800. The van der Waals surface area contributed by atoms with E-state index in [2.05, 4.69) is 16.2 Å². The van der Waals surface area contributed by atoms with Crippen LogP contribution in [0.2, 0.25) is 0 Å². The van der Waals surface area contributed by atoms with Gasteiger partial charge in [0.2, 0.25) is 0 Å². The summed E-state index contributed by atoms with van der Waals surface area (Å²) in [4.78, 5) is 0. The molecule has 1 fully saturated rings. The summed E-state index contributed by atoms with van der Waals surface area (Å²) in [5.41, 5.74) is 5.84. The number of hydrogen-bond acceptors (Lipinski definition) is 3. The Balaban J connectivity index is 2.79. The molecule has 0 aromatic rings. The maximum absolute atomic E-state index is 12.6. The van der Waals surface area contributed by atoms with Gasteiger partial charge < -0.3 is 0 Å². The van der Waals surface area contributed by atoms with Crippen molar-refractivity contribution in [2.45, 2.75) is 51.6 Å². The lowest BCUT2D eigenvalue weighted by atomic mass is 10.0. The lowest BCUT2D eigenvalue weighted by Gasteiger charge is -2.23. The number of alkyl halides is 3. The molecule has 0 spiro atoms. The molecule has 0 radical (unpaired) electrons. The van der Waals surface area contributed by atoms with Crippen molar-refractivity contribution < 1.29 is 13.2 Å². The summed E-state index contributed by atoms with van der Waals surface area (Å²) in [5.74, 6) is 0. The zero-order valence-electron chi connectivity index (χ0n) is 9.65. The molecule has 3 nitrogen and oxygen atoms in total. The molecule has 0 aliphatic carbocycles. The molecule has 3 N–H and O–H groups in total. The Morgan fingerprint density at radius 1 is 1.31 bits per heavy atom. The van der Waals surface area contributed by atoms with Gasteiger partial charge in [0.05, 0.1) is 6.17 Å². The van der Waals surface area contributed by atoms with Gasteiger partial charge in [-0.05, 0) is 27.2 Å². The molecular formula is C10H18F3N3. The normalized spacial score (nSPS) is 33.6. The van der Waals surface area contributed by atoms with Crippen molar-refractivity contribution in [3.05, 3.63) is 11.6 Å². The van der Waals surface area contributed by atoms with Crippen LogP contribution in [0, 0.1) is 0 Å². The molecule has 6 heteroatoms. The highest BCUT2D eigenvalue weighted by Crippen LogP contribution is 2.25. The van der Waals surface area contributed by atoms with E-state index in [1.807, 2.05) is 19.9 Å². The number of halogens is 3. The van der Waals surface area contributed by atoms with Crippen molar-refractivity contribution in [3.63, 3.8) is 0 Å². The smallest absolute Gasteiger partial charge is 0.294 e. The van der Waals surface area contributed by atoms with Gasteiger partial charge in [-0.15, -0.1) is 0 Å². The quantitative estimate of drug-likeness (QED) is 0.607. The van der Waals surface area contributed by atoms with Crippen LogP contribution in [0.1, 0.15) is 27.2 Å². The number of allylic oxidation sites excluding steroid dienone is 1. The maximum Gasteiger partial charge on any atom is 0.405 e. The molecule has 1 heterocycles. The fourth-order valence-corrected chi connectivity index (χ4v) is 1.67. The van der Waals surface area contributed by atoms with E-state index in [1.54, 1.807) is 6.92 Å². The van der Waals surface area contributed by atoms with E-state index in [0.717, 1.165) is 5.57 Å². The van der Waals surface area contributed by atoms with E-state index in [4.69, 9.17) is 0 Å². The average molecular weight is 237 g/mol. The Morgan fingerprint density at radius 2 is 1.94 bits per heavy atom. The summed E-state index contributed by atoms with van der Waals surface area (Å²) in [7, 11) is 0. The van der Waals surface area contributed by atoms with E-state index in [-0.39, 0.29) is 18.6 Å². The maximum atomic E-state index is 12.6. The molecule has 0 aromatic heterocycles. The highest BCUT2D eigenvalue weighted by molar-refractivity contribution is 5.09. The molecule has 1 aliphatic heterocycles. The van der Waals surface area contributed by atoms with Crippen LogP contribution < -0.4 is 16.2 Å². The topological polar surface area (TPSA) is 36.1 Å². The Kier molecular flexibility index (Phi) is 4.35. The van der Waals surface area contributed by atoms with Crippen LogP contribution in [0.3, 0.4) is 0 Å². The van der Waals surface area contributed by atoms with Gasteiger partial charge in [-0.25, -0.2) is 10.9 Å². The zero-order valence-corrected chi connectivity index (χ0v) is 9.65.